The Morgan fingerprint density at radius 1 is 1.11 bits per heavy atom. The minimum absolute atomic E-state index is 0.643. The Morgan fingerprint density at radius 3 is 2.61 bits per heavy atom. The third kappa shape index (κ3) is 3.49. The van der Waals surface area contributed by atoms with E-state index in [9.17, 15) is 5.26 Å². The predicted octanol–water partition coefficient (Wildman–Crippen LogP) is 6.67. The minimum Gasteiger partial charge on any atom is -0.318 e. The van der Waals surface area contributed by atoms with Crippen molar-refractivity contribution < 1.29 is 0 Å². The fourth-order valence-electron chi connectivity index (χ4n) is 3.33. The van der Waals surface area contributed by atoms with Crippen molar-refractivity contribution in [2.24, 2.45) is 0 Å². The lowest BCUT2D eigenvalue weighted by Crippen LogP contribution is -2.01. The first-order valence-electron chi connectivity index (χ1n) is 8.97. The summed E-state index contributed by atoms with van der Waals surface area (Å²) in [5, 5.41) is 9.68. The van der Waals surface area contributed by atoms with Crippen molar-refractivity contribution in [3.63, 3.8) is 0 Å². The summed E-state index contributed by atoms with van der Waals surface area (Å²) in [5.74, 6) is 0. The number of allylic oxidation sites excluding steroid dienone is 1. The van der Waals surface area contributed by atoms with Crippen LogP contribution < -0.4 is 0 Å². The number of aromatic nitrogens is 2. The van der Waals surface area contributed by atoms with Crippen LogP contribution in [0, 0.1) is 32.1 Å². The van der Waals surface area contributed by atoms with Crippen molar-refractivity contribution in [1.82, 2.24) is 9.55 Å². The quantitative estimate of drug-likeness (QED) is 0.283. The maximum Gasteiger partial charge on any atom is 0.156 e. The Balaban J connectivity index is 1.70. The summed E-state index contributed by atoms with van der Waals surface area (Å²) >= 11 is 3.05. The molecule has 0 bridgehead atoms. The van der Waals surface area contributed by atoms with Gasteiger partial charge >= 0.3 is 0 Å². The molecule has 0 aliphatic rings. The maximum absolute atomic E-state index is 9.68. The number of aryl methyl sites for hydroxylation is 2. The highest BCUT2D eigenvalue weighted by molar-refractivity contribution is 8.05. The Kier molecular flexibility index (Phi) is 5.08. The molecule has 5 heteroatoms. The van der Waals surface area contributed by atoms with E-state index in [0.717, 1.165) is 31.5 Å². The SMILES string of the molecule is Cc1ccccc1-n1c(C)cc(C=C(C#N)Sc2nc3ccccc3s2)c1C. The first kappa shape index (κ1) is 18.5. The van der Waals surface area contributed by atoms with Crippen molar-refractivity contribution in [1.29, 1.82) is 5.26 Å². The Hall–Kier alpha value is -2.81. The van der Waals surface area contributed by atoms with Gasteiger partial charge in [-0.25, -0.2) is 4.98 Å². The van der Waals surface area contributed by atoms with Gasteiger partial charge in [0.05, 0.1) is 15.1 Å². The molecule has 0 saturated carbocycles. The van der Waals surface area contributed by atoms with E-state index in [1.807, 2.05) is 24.3 Å². The lowest BCUT2D eigenvalue weighted by Gasteiger charge is -2.12. The molecule has 138 valence electrons. The van der Waals surface area contributed by atoms with Crippen LogP contribution in [0.4, 0.5) is 0 Å². The molecule has 4 aromatic rings. The number of hydrogen-bond acceptors (Lipinski definition) is 4. The van der Waals surface area contributed by atoms with Gasteiger partial charge in [0.2, 0.25) is 0 Å². The van der Waals surface area contributed by atoms with Crippen molar-refractivity contribution in [3.05, 3.63) is 82.0 Å². The molecule has 0 amide bonds. The smallest absolute Gasteiger partial charge is 0.156 e. The number of nitrogens with zero attached hydrogens (tertiary/aromatic N) is 3. The number of hydrogen-bond donors (Lipinski definition) is 0. The lowest BCUT2D eigenvalue weighted by molar-refractivity contribution is 0.954. The fourth-order valence-corrected chi connectivity index (χ4v) is 5.30. The molecule has 0 aliphatic carbocycles. The van der Waals surface area contributed by atoms with Gasteiger partial charge in [-0.3, -0.25) is 0 Å². The van der Waals surface area contributed by atoms with Gasteiger partial charge in [0, 0.05) is 17.1 Å². The Bertz CT molecular complexity index is 1210. The molecule has 2 aromatic carbocycles. The van der Waals surface area contributed by atoms with Crippen molar-refractivity contribution in [2.45, 2.75) is 25.1 Å². The third-order valence-electron chi connectivity index (χ3n) is 4.69. The predicted molar refractivity (Wildman–Crippen MR) is 119 cm³/mol. The average molecular weight is 402 g/mol. The third-order valence-corrected chi connectivity index (χ3v) is 6.72. The highest BCUT2D eigenvalue weighted by Gasteiger charge is 2.13. The van der Waals surface area contributed by atoms with E-state index in [-0.39, 0.29) is 0 Å². The van der Waals surface area contributed by atoms with Gasteiger partial charge < -0.3 is 4.57 Å². The number of thioether (sulfide) groups is 1. The number of nitriles is 1. The molecule has 0 spiro atoms. The van der Waals surface area contributed by atoms with Crippen molar-refractivity contribution in [2.75, 3.05) is 0 Å². The van der Waals surface area contributed by atoms with Crippen LogP contribution in [0.2, 0.25) is 0 Å². The molecule has 0 fully saturated rings. The van der Waals surface area contributed by atoms with Gasteiger partial charge in [0.1, 0.15) is 6.07 Å². The van der Waals surface area contributed by atoms with Gasteiger partial charge in [0.25, 0.3) is 0 Å². The molecular formula is C23H19N3S2. The Labute approximate surface area is 173 Å². The van der Waals surface area contributed by atoms with Gasteiger partial charge in [0.15, 0.2) is 4.34 Å². The van der Waals surface area contributed by atoms with Crippen LogP contribution in [0.5, 0.6) is 0 Å². The summed E-state index contributed by atoms with van der Waals surface area (Å²) in [6.07, 6.45) is 1.97. The summed E-state index contributed by atoms with van der Waals surface area (Å²) in [4.78, 5) is 5.27. The van der Waals surface area contributed by atoms with Crippen LogP contribution in [0.3, 0.4) is 0 Å². The molecule has 0 unspecified atom stereocenters. The standard InChI is InChI=1S/C23H19N3S2/c1-15-8-4-6-10-21(15)26-16(2)12-18(17(26)3)13-19(14-24)27-23-25-20-9-5-7-11-22(20)28-23/h4-13H,1-3H3. The summed E-state index contributed by atoms with van der Waals surface area (Å²) in [6.45, 7) is 6.32. The van der Waals surface area contributed by atoms with Gasteiger partial charge in [-0.1, -0.05) is 30.3 Å². The highest BCUT2D eigenvalue weighted by Crippen LogP contribution is 2.35. The first-order valence-corrected chi connectivity index (χ1v) is 10.6. The van der Waals surface area contributed by atoms with Crippen LogP contribution in [-0.4, -0.2) is 9.55 Å². The zero-order valence-electron chi connectivity index (χ0n) is 15.9. The zero-order valence-corrected chi connectivity index (χ0v) is 17.6. The molecule has 0 N–H and O–H groups in total. The second-order valence-corrected chi connectivity index (χ2v) is 8.94. The van der Waals surface area contributed by atoms with Gasteiger partial charge in [-0.15, -0.1) is 11.3 Å². The average Bonchev–Trinajstić information content (AvgIpc) is 3.22. The van der Waals surface area contributed by atoms with Gasteiger partial charge in [-0.2, -0.15) is 5.26 Å². The topological polar surface area (TPSA) is 41.6 Å². The van der Waals surface area contributed by atoms with Crippen LogP contribution in [0.25, 0.3) is 22.0 Å². The zero-order chi connectivity index (χ0) is 19.7. The van der Waals surface area contributed by atoms with E-state index in [0.29, 0.717) is 4.91 Å². The molecule has 0 saturated heterocycles. The summed E-state index contributed by atoms with van der Waals surface area (Å²) < 4.78 is 4.28. The van der Waals surface area contributed by atoms with E-state index < -0.39 is 0 Å². The molecular weight excluding hydrogens is 382 g/mol. The van der Waals surface area contributed by atoms with E-state index in [2.05, 4.69) is 72.8 Å². The number of fused-ring (bicyclic) bond motifs is 1. The first-order chi connectivity index (χ1) is 13.6. The molecule has 2 heterocycles. The molecule has 0 aliphatic heterocycles. The number of thiazole rings is 1. The second kappa shape index (κ2) is 7.67. The second-order valence-electron chi connectivity index (χ2n) is 6.62. The van der Waals surface area contributed by atoms with E-state index in [1.165, 1.54) is 23.0 Å². The molecule has 0 atom stereocenters. The number of para-hydroxylation sites is 2. The molecule has 2 aromatic heterocycles. The van der Waals surface area contributed by atoms with Crippen molar-refractivity contribution >= 4 is 39.4 Å². The van der Waals surface area contributed by atoms with E-state index in [4.69, 9.17) is 0 Å². The molecule has 0 radical (unpaired) electrons. The Morgan fingerprint density at radius 2 is 1.86 bits per heavy atom. The fraction of sp³-hybridized carbons (Fsp3) is 0.130. The van der Waals surface area contributed by atoms with Gasteiger partial charge in [-0.05, 0) is 74.0 Å². The number of rotatable bonds is 4. The summed E-state index contributed by atoms with van der Waals surface area (Å²) in [5.41, 5.74) is 6.72. The van der Waals surface area contributed by atoms with E-state index >= 15 is 0 Å². The highest BCUT2D eigenvalue weighted by atomic mass is 32.2. The maximum atomic E-state index is 9.68. The van der Waals surface area contributed by atoms with Crippen LogP contribution in [0.1, 0.15) is 22.5 Å². The monoisotopic (exact) mass is 401 g/mol. The minimum atomic E-state index is 0.643. The molecule has 3 nitrogen and oxygen atoms in total. The van der Waals surface area contributed by atoms with Crippen LogP contribution in [0.15, 0.2) is 63.8 Å². The van der Waals surface area contributed by atoms with Crippen LogP contribution in [-0.2, 0) is 0 Å². The lowest BCUT2D eigenvalue weighted by atomic mass is 10.2. The van der Waals surface area contributed by atoms with Crippen LogP contribution >= 0.6 is 23.1 Å². The van der Waals surface area contributed by atoms with Crippen molar-refractivity contribution in [3.8, 4) is 11.8 Å². The number of benzene rings is 2. The molecule has 4 rings (SSSR count). The molecule has 28 heavy (non-hydrogen) atoms. The normalized spacial score (nSPS) is 11.7. The summed E-state index contributed by atoms with van der Waals surface area (Å²) in [6, 6.07) is 20.9. The largest absolute Gasteiger partial charge is 0.318 e. The summed E-state index contributed by atoms with van der Waals surface area (Å²) in [7, 11) is 0. The van der Waals surface area contributed by atoms with E-state index in [1.54, 1.807) is 11.3 Å².